The van der Waals surface area contributed by atoms with Crippen LogP contribution in [0.25, 0.3) is 0 Å². The third-order valence-electron chi connectivity index (χ3n) is 2.66. The lowest BCUT2D eigenvalue weighted by molar-refractivity contribution is -0.204. The van der Waals surface area contributed by atoms with E-state index in [9.17, 15) is 15.0 Å². The van der Waals surface area contributed by atoms with Crippen molar-refractivity contribution in [1.29, 1.82) is 0 Å². The van der Waals surface area contributed by atoms with Crippen LogP contribution in [-0.2, 0) is 9.53 Å². The van der Waals surface area contributed by atoms with Crippen molar-refractivity contribution in [2.45, 2.75) is 43.7 Å². The molecule has 0 aromatic rings. The fraction of sp³-hybridized carbons (Fsp3) is 0.889. The first kappa shape index (κ1) is 12.4. The Balaban J connectivity index is 2.75. The van der Waals surface area contributed by atoms with Gasteiger partial charge >= 0.3 is 5.97 Å². The van der Waals surface area contributed by atoms with Crippen molar-refractivity contribution in [1.82, 2.24) is 0 Å². The maximum absolute atomic E-state index is 10.9. The molecule has 6 heteroatoms. The minimum Gasteiger partial charge on any atom is -0.479 e. The van der Waals surface area contributed by atoms with Gasteiger partial charge in [-0.05, 0) is 6.92 Å². The molecule has 6 nitrogen and oxygen atoms in total. The second kappa shape index (κ2) is 4.44. The van der Waals surface area contributed by atoms with E-state index in [0.29, 0.717) is 0 Å². The van der Waals surface area contributed by atoms with E-state index in [4.69, 9.17) is 15.6 Å². The SMILES string of the molecule is C[C@]1(C(=O)O)C[C@H](O)CC([C@H](O)CN)O1. The number of aliphatic hydroxyl groups is 2. The lowest BCUT2D eigenvalue weighted by Gasteiger charge is -2.39. The van der Waals surface area contributed by atoms with Gasteiger partial charge in [-0.1, -0.05) is 0 Å². The molecule has 0 aromatic heterocycles. The van der Waals surface area contributed by atoms with Gasteiger partial charge in [-0.3, -0.25) is 0 Å². The number of ether oxygens (including phenoxy) is 1. The van der Waals surface area contributed by atoms with Crippen molar-refractivity contribution in [3.8, 4) is 0 Å². The van der Waals surface area contributed by atoms with E-state index in [2.05, 4.69) is 0 Å². The minimum absolute atomic E-state index is 0.0207. The molecule has 1 heterocycles. The molecule has 0 radical (unpaired) electrons. The smallest absolute Gasteiger partial charge is 0.335 e. The Morgan fingerprint density at radius 1 is 1.73 bits per heavy atom. The van der Waals surface area contributed by atoms with Crippen LogP contribution < -0.4 is 5.73 Å². The molecule has 5 N–H and O–H groups in total. The topological polar surface area (TPSA) is 113 Å². The number of rotatable bonds is 3. The zero-order chi connectivity index (χ0) is 11.6. The lowest BCUT2D eigenvalue weighted by atomic mass is 9.89. The molecule has 0 saturated carbocycles. The van der Waals surface area contributed by atoms with Gasteiger partial charge in [0.05, 0.1) is 18.3 Å². The van der Waals surface area contributed by atoms with Crippen LogP contribution in [0.15, 0.2) is 0 Å². The molecule has 15 heavy (non-hydrogen) atoms. The van der Waals surface area contributed by atoms with Gasteiger partial charge in [-0.15, -0.1) is 0 Å². The molecule has 1 aliphatic heterocycles. The summed E-state index contributed by atoms with van der Waals surface area (Å²) >= 11 is 0. The van der Waals surface area contributed by atoms with E-state index in [1.807, 2.05) is 0 Å². The summed E-state index contributed by atoms with van der Waals surface area (Å²) in [5.74, 6) is -1.14. The molecular formula is C9H17NO5. The van der Waals surface area contributed by atoms with Crippen LogP contribution in [0.2, 0.25) is 0 Å². The normalized spacial score (nSPS) is 38.7. The molecule has 88 valence electrons. The fourth-order valence-corrected chi connectivity index (χ4v) is 1.76. The van der Waals surface area contributed by atoms with Crippen LogP contribution in [0.1, 0.15) is 19.8 Å². The third kappa shape index (κ3) is 2.66. The van der Waals surface area contributed by atoms with Gasteiger partial charge in [-0.25, -0.2) is 4.79 Å². The van der Waals surface area contributed by atoms with Gasteiger partial charge in [0.25, 0.3) is 0 Å². The van der Waals surface area contributed by atoms with E-state index in [0.717, 1.165) is 0 Å². The number of hydrogen-bond donors (Lipinski definition) is 4. The highest BCUT2D eigenvalue weighted by Gasteiger charge is 2.45. The van der Waals surface area contributed by atoms with Crippen LogP contribution in [0.3, 0.4) is 0 Å². The molecule has 1 rings (SSSR count). The summed E-state index contributed by atoms with van der Waals surface area (Å²) in [6.45, 7) is 1.36. The standard InChI is InChI=1S/C9H17NO5/c1-9(8(13)14)3-5(11)2-7(15-9)6(12)4-10/h5-7,11-12H,2-4,10H2,1H3,(H,13,14)/t5-,6-,7?,9-/m1/s1. The number of carboxylic acid groups (broad SMARTS) is 1. The molecule has 1 saturated heterocycles. The van der Waals surface area contributed by atoms with Crippen LogP contribution in [0.4, 0.5) is 0 Å². The molecule has 0 aliphatic carbocycles. The summed E-state index contributed by atoms with van der Waals surface area (Å²) in [6.07, 6.45) is -2.22. The molecule has 1 aliphatic rings. The summed E-state index contributed by atoms with van der Waals surface area (Å²) in [6, 6.07) is 0. The quantitative estimate of drug-likeness (QED) is 0.468. The number of hydrogen-bond acceptors (Lipinski definition) is 5. The zero-order valence-electron chi connectivity index (χ0n) is 8.59. The predicted octanol–water partition coefficient (Wildman–Crippen LogP) is -1.31. The van der Waals surface area contributed by atoms with Crippen LogP contribution in [0.5, 0.6) is 0 Å². The Hall–Kier alpha value is -0.690. The molecule has 4 atom stereocenters. The van der Waals surface area contributed by atoms with E-state index in [1.54, 1.807) is 0 Å². The first-order valence-electron chi connectivity index (χ1n) is 4.86. The van der Waals surface area contributed by atoms with Crippen molar-refractivity contribution < 1.29 is 24.9 Å². The van der Waals surface area contributed by atoms with Gasteiger partial charge in [0.2, 0.25) is 0 Å². The highest BCUT2D eigenvalue weighted by atomic mass is 16.5. The highest BCUT2D eigenvalue weighted by molar-refractivity contribution is 5.77. The van der Waals surface area contributed by atoms with Crippen molar-refractivity contribution in [3.63, 3.8) is 0 Å². The summed E-state index contributed by atoms with van der Waals surface area (Å²) in [4.78, 5) is 10.9. The molecular weight excluding hydrogens is 202 g/mol. The number of aliphatic carboxylic acids is 1. The summed E-state index contributed by atoms with van der Waals surface area (Å²) in [7, 11) is 0. The molecule has 0 aromatic carbocycles. The number of carbonyl (C=O) groups is 1. The van der Waals surface area contributed by atoms with E-state index in [1.165, 1.54) is 6.92 Å². The van der Waals surface area contributed by atoms with Gasteiger partial charge in [0.15, 0.2) is 5.60 Å². The van der Waals surface area contributed by atoms with E-state index < -0.39 is 29.9 Å². The summed E-state index contributed by atoms with van der Waals surface area (Å²) in [5.41, 5.74) is 3.81. The van der Waals surface area contributed by atoms with E-state index >= 15 is 0 Å². The molecule has 1 unspecified atom stereocenters. The zero-order valence-corrected chi connectivity index (χ0v) is 8.59. The van der Waals surface area contributed by atoms with Crippen molar-refractivity contribution in [2.24, 2.45) is 5.73 Å². The minimum atomic E-state index is -1.45. The first-order valence-corrected chi connectivity index (χ1v) is 4.86. The van der Waals surface area contributed by atoms with Crippen molar-refractivity contribution >= 4 is 5.97 Å². The third-order valence-corrected chi connectivity index (χ3v) is 2.66. The molecule has 0 bridgehead atoms. The monoisotopic (exact) mass is 219 g/mol. The number of carboxylic acids is 1. The Morgan fingerprint density at radius 2 is 2.33 bits per heavy atom. The maximum Gasteiger partial charge on any atom is 0.335 e. The Bertz CT molecular complexity index is 247. The summed E-state index contributed by atoms with van der Waals surface area (Å²) in [5, 5.41) is 27.9. The molecule has 0 amide bonds. The van der Waals surface area contributed by atoms with Gasteiger partial charge in [-0.2, -0.15) is 0 Å². The van der Waals surface area contributed by atoms with E-state index in [-0.39, 0.29) is 19.4 Å². The van der Waals surface area contributed by atoms with Crippen LogP contribution in [-0.4, -0.2) is 51.7 Å². The lowest BCUT2D eigenvalue weighted by Crippen LogP contribution is -2.53. The average Bonchev–Trinajstić information content (AvgIpc) is 2.15. The second-order valence-electron chi connectivity index (χ2n) is 4.09. The van der Waals surface area contributed by atoms with Gasteiger partial charge in [0, 0.05) is 19.4 Å². The largest absolute Gasteiger partial charge is 0.479 e. The van der Waals surface area contributed by atoms with Gasteiger partial charge < -0.3 is 25.8 Å². The Labute approximate surface area is 87.7 Å². The predicted molar refractivity (Wildman–Crippen MR) is 51.2 cm³/mol. The molecule has 0 spiro atoms. The molecule has 1 fully saturated rings. The Kier molecular flexibility index (Phi) is 3.67. The van der Waals surface area contributed by atoms with Crippen molar-refractivity contribution in [2.75, 3.05) is 6.54 Å². The van der Waals surface area contributed by atoms with Crippen molar-refractivity contribution in [3.05, 3.63) is 0 Å². The van der Waals surface area contributed by atoms with Crippen LogP contribution >= 0.6 is 0 Å². The highest BCUT2D eigenvalue weighted by Crippen LogP contribution is 2.30. The fourth-order valence-electron chi connectivity index (χ4n) is 1.76. The summed E-state index contributed by atoms with van der Waals surface area (Å²) < 4.78 is 5.27. The first-order chi connectivity index (χ1) is 6.89. The average molecular weight is 219 g/mol. The number of aliphatic hydroxyl groups excluding tert-OH is 2. The maximum atomic E-state index is 10.9. The van der Waals surface area contributed by atoms with Crippen LogP contribution in [0, 0.1) is 0 Å². The number of nitrogens with two attached hydrogens (primary N) is 1. The van der Waals surface area contributed by atoms with Gasteiger partial charge in [0.1, 0.15) is 0 Å². The Morgan fingerprint density at radius 3 is 2.80 bits per heavy atom. The second-order valence-corrected chi connectivity index (χ2v) is 4.09.